The van der Waals surface area contributed by atoms with E-state index in [2.05, 4.69) is 0 Å². The first-order valence-electron chi connectivity index (χ1n) is 5.09. The zero-order chi connectivity index (χ0) is 10.7. The van der Waals surface area contributed by atoms with Gasteiger partial charge >= 0.3 is 0 Å². The van der Waals surface area contributed by atoms with Crippen LogP contribution in [0.15, 0.2) is 24.3 Å². The van der Waals surface area contributed by atoms with Crippen molar-refractivity contribution in [2.45, 2.75) is 12.1 Å². The number of hydrogen-bond donors (Lipinski definition) is 2. The summed E-state index contributed by atoms with van der Waals surface area (Å²) < 4.78 is 10.6. The molecular formula is C11H16N2O2. The van der Waals surface area contributed by atoms with Gasteiger partial charge in [0, 0.05) is 12.6 Å². The number of benzene rings is 1. The molecule has 2 unspecified atom stereocenters. The molecule has 0 amide bonds. The highest BCUT2D eigenvalue weighted by molar-refractivity contribution is 5.30. The van der Waals surface area contributed by atoms with Crippen molar-refractivity contribution in [3.63, 3.8) is 0 Å². The summed E-state index contributed by atoms with van der Waals surface area (Å²) in [6.45, 7) is 1.86. The monoisotopic (exact) mass is 208 g/mol. The molecule has 0 aromatic heterocycles. The molecule has 4 nitrogen and oxygen atoms in total. The summed E-state index contributed by atoms with van der Waals surface area (Å²) in [5.41, 5.74) is 12.3. The third-order valence-corrected chi connectivity index (χ3v) is 2.38. The van der Waals surface area contributed by atoms with Crippen molar-refractivity contribution in [1.29, 1.82) is 0 Å². The van der Waals surface area contributed by atoms with Crippen molar-refractivity contribution >= 4 is 0 Å². The van der Waals surface area contributed by atoms with E-state index in [4.69, 9.17) is 20.9 Å². The van der Waals surface area contributed by atoms with E-state index in [1.54, 1.807) is 0 Å². The van der Waals surface area contributed by atoms with Crippen LogP contribution in [0, 0.1) is 0 Å². The Hall–Kier alpha value is -1.10. The van der Waals surface area contributed by atoms with Crippen molar-refractivity contribution in [2.75, 3.05) is 19.8 Å². The molecule has 0 spiro atoms. The highest BCUT2D eigenvalue weighted by Gasteiger charge is 2.23. The highest BCUT2D eigenvalue weighted by atomic mass is 16.6. The molecule has 4 N–H and O–H groups in total. The number of rotatable bonds is 5. The minimum atomic E-state index is -0.120. The number of hydrogen-bond acceptors (Lipinski definition) is 4. The standard InChI is InChI=1S/C11H16N2O2/c12-5-11(13)8-2-1-3-9(4-8)14-6-10-7-15-10/h1-4,10-11H,5-7,12-13H2. The Balaban J connectivity index is 1.97. The molecule has 1 heterocycles. The summed E-state index contributed by atoms with van der Waals surface area (Å²) in [4.78, 5) is 0. The van der Waals surface area contributed by atoms with E-state index < -0.39 is 0 Å². The lowest BCUT2D eigenvalue weighted by atomic mass is 10.1. The molecule has 1 aliphatic rings. The van der Waals surface area contributed by atoms with Gasteiger partial charge in [-0.3, -0.25) is 0 Å². The molecule has 15 heavy (non-hydrogen) atoms. The zero-order valence-electron chi connectivity index (χ0n) is 8.56. The fourth-order valence-corrected chi connectivity index (χ4v) is 1.32. The quantitative estimate of drug-likeness (QED) is 0.688. The predicted molar refractivity (Wildman–Crippen MR) is 57.7 cm³/mol. The maximum atomic E-state index is 5.83. The van der Waals surface area contributed by atoms with Crippen LogP contribution in [0.2, 0.25) is 0 Å². The van der Waals surface area contributed by atoms with Gasteiger partial charge < -0.3 is 20.9 Å². The third kappa shape index (κ3) is 2.92. The van der Waals surface area contributed by atoms with Crippen molar-refractivity contribution in [3.05, 3.63) is 29.8 Å². The van der Waals surface area contributed by atoms with Gasteiger partial charge in [0.15, 0.2) is 0 Å². The number of nitrogens with two attached hydrogens (primary N) is 2. The van der Waals surface area contributed by atoms with Crippen LogP contribution in [0.1, 0.15) is 11.6 Å². The minimum absolute atomic E-state index is 0.120. The Morgan fingerprint density at radius 3 is 3.00 bits per heavy atom. The van der Waals surface area contributed by atoms with Crippen molar-refractivity contribution in [3.8, 4) is 5.75 Å². The molecule has 4 heteroatoms. The maximum absolute atomic E-state index is 5.83. The molecule has 82 valence electrons. The second kappa shape index (κ2) is 4.61. The van der Waals surface area contributed by atoms with E-state index in [-0.39, 0.29) is 12.1 Å². The van der Waals surface area contributed by atoms with Crippen molar-refractivity contribution in [1.82, 2.24) is 0 Å². The lowest BCUT2D eigenvalue weighted by Gasteiger charge is -2.11. The van der Waals surface area contributed by atoms with Gasteiger partial charge in [-0.25, -0.2) is 0 Å². The van der Waals surface area contributed by atoms with E-state index in [9.17, 15) is 0 Å². The van der Waals surface area contributed by atoms with Crippen molar-refractivity contribution < 1.29 is 9.47 Å². The SMILES string of the molecule is NCC(N)c1cccc(OCC2CO2)c1. The second-order valence-electron chi connectivity index (χ2n) is 3.68. The summed E-state index contributed by atoms with van der Waals surface area (Å²) >= 11 is 0. The van der Waals surface area contributed by atoms with Crippen LogP contribution in [0.3, 0.4) is 0 Å². The molecule has 1 aromatic rings. The van der Waals surface area contributed by atoms with E-state index in [0.717, 1.165) is 17.9 Å². The highest BCUT2D eigenvalue weighted by Crippen LogP contribution is 2.19. The van der Waals surface area contributed by atoms with Crippen LogP contribution in [-0.2, 0) is 4.74 Å². The lowest BCUT2D eigenvalue weighted by Crippen LogP contribution is -2.20. The predicted octanol–water partition coefficient (Wildman–Crippen LogP) is 0.423. The summed E-state index contributed by atoms with van der Waals surface area (Å²) in [5, 5.41) is 0. The summed E-state index contributed by atoms with van der Waals surface area (Å²) in [7, 11) is 0. The second-order valence-corrected chi connectivity index (χ2v) is 3.68. The van der Waals surface area contributed by atoms with Gasteiger partial charge in [-0.2, -0.15) is 0 Å². The molecule has 1 saturated heterocycles. The summed E-state index contributed by atoms with van der Waals surface area (Å²) in [6.07, 6.45) is 0.275. The maximum Gasteiger partial charge on any atom is 0.119 e. The van der Waals surface area contributed by atoms with Gasteiger partial charge in [0.2, 0.25) is 0 Å². The van der Waals surface area contributed by atoms with Crippen LogP contribution < -0.4 is 16.2 Å². The molecule has 1 fully saturated rings. The van der Waals surface area contributed by atoms with E-state index in [1.807, 2.05) is 24.3 Å². The molecule has 0 bridgehead atoms. The Bertz CT molecular complexity index is 326. The van der Waals surface area contributed by atoms with Gasteiger partial charge in [0.05, 0.1) is 6.61 Å². The van der Waals surface area contributed by atoms with Gasteiger partial charge in [-0.1, -0.05) is 12.1 Å². The molecule has 0 radical (unpaired) electrons. The van der Waals surface area contributed by atoms with Crippen LogP contribution >= 0.6 is 0 Å². The first kappa shape index (κ1) is 10.4. The van der Waals surface area contributed by atoms with Crippen LogP contribution in [0.5, 0.6) is 5.75 Å². The average Bonchev–Trinajstić information content (AvgIpc) is 3.09. The number of epoxide rings is 1. The molecule has 1 aliphatic heterocycles. The van der Waals surface area contributed by atoms with Gasteiger partial charge in [0.25, 0.3) is 0 Å². The third-order valence-electron chi connectivity index (χ3n) is 2.38. The molecule has 2 atom stereocenters. The lowest BCUT2D eigenvalue weighted by molar-refractivity contribution is 0.263. The van der Waals surface area contributed by atoms with Gasteiger partial charge in [0.1, 0.15) is 18.5 Å². The van der Waals surface area contributed by atoms with Crippen LogP contribution in [0.25, 0.3) is 0 Å². The van der Waals surface area contributed by atoms with E-state index in [1.165, 1.54) is 0 Å². The fraction of sp³-hybridized carbons (Fsp3) is 0.455. The molecule has 0 aliphatic carbocycles. The minimum Gasteiger partial charge on any atom is -0.491 e. The Morgan fingerprint density at radius 1 is 1.53 bits per heavy atom. The Kier molecular flexibility index (Phi) is 3.20. The molecule has 2 rings (SSSR count). The Labute approximate surface area is 89.2 Å². The fourth-order valence-electron chi connectivity index (χ4n) is 1.32. The normalized spacial score (nSPS) is 21.1. The van der Waals surface area contributed by atoms with Crippen molar-refractivity contribution in [2.24, 2.45) is 11.5 Å². The van der Waals surface area contributed by atoms with Crippen LogP contribution in [0.4, 0.5) is 0 Å². The van der Waals surface area contributed by atoms with E-state index >= 15 is 0 Å². The first-order valence-corrected chi connectivity index (χ1v) is 5.09. The summed E-state index contributed by atoms with van der Waals surface area (Å²) in [6, 6.07) is 7.60. The molecule has 0 saturated carbocycles. The topological polar surface area (TPSA) is 73.8 Å². The number of ether oxygens (including phenoxy) is 2. The smallest absolute Gasteiger partial charge is 0.119 e. The zero-order valence-corrected chi connectivity index (χ0v) is 8.56. The largest absolute Gasteiger partial charge is 0.491 e. The van der Waals surface area contributed by atoms with Gasteiger partial charge in [-0.15, -0.1) is 0 Å². The average molecular weight is 208 g/mol. The summed E-state index contributed by atoms with van der Waals surface area (Å²) in [5.74, 6) is 0.826. The van der Waals surface area contributed by atoms with Gasteiger partial charge in [-0.05, 0) is 17.7 Å². The first-order chi connectivity index (χ1) is 7.29. The molecular weight excluding hydrogens is 192 g/mol. The molecule has 1 aromatic carbocycles. The van der Waals surface area contributed by atoms with Crippen LogP contribution in [-0.4, -0.2) is 25.9 Å². The van der Waals surface area contributed by atoms with E-state index in [0.29, 0.717) is 13.2 Å². The Morgan fingerprint density at radius 2 is 2.33 bits per heavy atom.